The average molecular weight is 512 g/mol. The molecule has 2 saturated heterocycles. The van der Waals surface area contributed by atoms with E-state index in [0.717, 1.165) is 67.4 Å². The number of hydrogen-bond donors (Lipinski definition) is 0. The molecule has 6 heterocycles. The van der Waals surface area contributed by atoms with Crippen molar-refractivity contribution in [1.29, 1.82) is 0 Å². The van der Waals surface area contributed by atoms with Gasteiger partial charge in [-0.3, -0.25) is 0 Å². The Bertz CT molecular complexity index is 1570. The second-order valence-corrected chi connectivity index (χ2v) is 9.77. The molecule has 2 aliphatic rings. The molecule has 1 unspecified atom stereocenters. The lowest BCUT2D eigenvalue weighted by Gasteiger charge is -2.27. The van der Waals surface area contributed by atoms with Gasteiger partial charge in [0.1, 0.15) is 6.23 Å². The Morgan fingerprint density at radius 2 is 1.84 bits per heavy atom. The molecule has 194 valence electrons. The molecule has 4 aromatic heterocycles. The van der Waals surface area contributed by atoms with Crippen molar-refractivity contribution in [3.8, 4) is 28.5 Å². The molecule has 1 atom stereocenters. The van der Waals surface area contributed by atoms with Crippen molar-refractivity contribution in [3.63, 3.8) is 0 Å². The smallest absolute Gasteiger partial charge is 0.255 e. The van der Waals surface area contributed by atoms with Gasteiger partial charge in [0.2, 0.25) is 5.95 Å². The van der Waals surface area contributed by atoms with Gasteiger partial charge in [0.25, 0.3) is 5.95 Å². The topological polar surface area (TPSA) is 100 Å². The normalized spacial score (nSPS) is 18.3. The summed E-state index contributed by atoms with van der Waals surface area (Å²) in [5.74, 6) is 1.21. The Morgan fingerprint density at radius 3 is 2.68 bits per heavy atom. The van der Waals surface area contributed by atoms with Crippen molar-refractivity contribution in [2.24, 2.45) is 0 Å². The number of ether oxygens (including phenoxy) is 2. The van der Waals surface area contributed by atoms with Crippen molar-refractivity contribution in [3.05, 3.63) is 60.6 Å². The maximum atomic E-state index is 5.90. The zero-order chi connectivity index (χ0) is 25.5. The highest BCUT2D eigenvalue weighted by molar-refractivity contribution is 5.65. The standard InChI is InChI=1S/C27H29N9O2/c1-19-5-4-6-20(15-19)22-8-9-34(31-22)26-29-24-16-23(21-17-28-35(18-21)25-7-2-3-12-38-25)32-36(24)27(30-26)33-10-13-37-14-11-33/h4-6,8-9,15-18,25H,2-3,7,10-14H2,1H3. The fourth-order valence-corrected chi connectivity index (χ4v) is 5.03. The van der Waals surface area contributed by atoms with Crippen LogP contribution >= 0.6 is 0 Å². The van der Waals surface area contributed by atoms with E-state index in [1.807, 2.05) is 46.0 Å². The van der Waals surface area contributed by atoms with Crippen LogP contribution in [-0.4, -0.2) is 72.1 Å². The summed E-state index contributed by atoms with van der Waals surface area (Å²) in [6, 6.07) is 12.3. The quantitative estimate of drug-likeness (QED) is 0.352. The number of nitrogens with zero attached hydrogens (tertiary/aromatic N) is 9. The number of aryl methyl sites for hydroxylation is 1. The molecule has 38 heavy (non-hydrogen) atoms. The minimum Gasteiger partial charge on any atom is -0.378 e. The molecule has 5 aromatic rings. The lowest BCUT2D eigenvalue weighted by Crippen LogP contribution is -2.38. The summed E-state index contributed by atoms with van der Waals surface area (Å²) in [6.45, 7) is 5.59. The van der Waals surface area contributed by atoms with E-state index in [1.165, 1.54) is 5.56 Å². The Kier molecular flexibility index (Phi) is 5.86. The number of hydrogen-bond acceptors (Lipinski definition) is 8. The monoisotopic (exact) mass is 511 g/mol. The molecule has 7 rings (SSSR count). The van der Waals surface area contributed by atoms with Crippen LogP contribution < -0.4 is 4.90 Å². The van der Waals surface area contributed by atoms with E-state index in [9.17, 15) is 0 Å². The third kappa shape index (κ3) is 4.33. The zero-order valence-corrected chi connectivity index (χ0v) is 21.3. The Morgan fingerprint density at radius 1 is 0.921 bits per heavy atom. The van der Waals surface area contributed by atoms with Crippen LogP contribution in [0.25, 0.3) is 34.1 Å². The van der Waals surface area contributed by atoms with Crippen molar-refractivity contribution in [2.45, 2.75) is 32.4 Å². The van der Waals surface area contributed by atoms with Gasteiger partial charge in [-0.15, -0.1) is 0 Å². The Balaban J connectivity index is 1.28. The van der Waals surface area contributed by atoms with Crippen LogP contribution in [0.15, 0.2) is 55.0 Å². The third-order valence-corrected chi connectivity index (χ3v) is 7.04. The number of aromatic nitrogens is 8. The van der Waals surface area contributed by atoms with Crippen LogP contribution in [0.4, 0.5) is 5.95 Å². The molecule has 0 saturated carbocycles. The van der Waals surface area contributed by atoms with Crippen molar-refractivity contribution < 1.29 is 9.47 Å². The summed E-state index contributed by atoms with van der Waals surface area (Å²) in [4.78, 5) is 12.0. The first-order chi connectivity index (χ1) is 18.7. The predicted molar refractivity (Wildman–Crippen MR) is 141 cm³/mol. The first-order valence-corrected chi connectivity index (χ1v) is 13.1. The van der Waals surface area contributed by atoms with Gasteiger partial charge in [-0.1, -0.05) is 23.8 Å². The van der Waals surface area contributed by atoms with E-state index >= 15 is 0 Å². The molecule has 0 amide bonds. The molecule has 11 heteroatoms. The van der Waals surface area contributed by atoms with E-state index < -0.39 is 0 Å². The van der Waals surface area contributed by atoms with Gasteiger partial charge >= 0.3 is 0 Å². The van der Waals surface area contributed by atoms with E-state index in [1.54, 1.807) is 4.68 Å². The van der Waals surface area contributed by atoms with Gasteiger partial charge < -0.3 is 14.4 Å². The molecule has 0 aliphatic carbocycles. The maximum Gasteiger partial charge on any atom is 0.255 e. The van der Waals surface area contributed by atoms with E-state index in [2.05, 4.69) is 35.1 Å². The van der Waals surface area contributed by atoms with E-state index in [0.29, 0.717) is 24.8 Å². The molecule has 0 N–H and O–H groups in total. The first kappa shape index (κ1) is 23.1. The van der Waals surface area contributed by atoms with Crippen LogP contribution in [0.2, 0.25) is 0 Å². The maximum absolute atomic E-state index is 5.90. The molecule has 2 fully saturated rings. The van der Waals surface area contributed by atoms with Crippen molar-refractivity contribution in [2.75, 3.05) is 37.8 Å². The second-order valence-electron chi connectivity index (χ2n) is 9.77. The first-order valence-electron chi connectivity index (χ1n) is 13.1. The highest BCUT2D eigenvalue weighted by Gasteiger charge is 2.22. The Hall–Kier alpha value is -4.09. The van der Waals surface area contributed by atoms with Crippen molar-refractivity contribution >= 4 is 11.6 Å². The number of anilines is 1. The van der Waals surface area contributed by atoms with Gasteiger partial charge in [0, 0.05) is 49.3 Å². The molecule has 1 aromatic carbocycles. The number of morpholine rings is 1. The summed E-state index contributed by atoms with van der Waals surface area (Å²) in [5, 5.41) is 14.3. The number of rotatable bonds is 5. The summed E-state index contributed by atoms with van der Waals surface area (Å²) in [6.07, 6.45) is 8.94. The molecule has 2 aliphatic heterocycles. The summed E-state index contributed by atoms with van der Waals surface area (Å²) in [5.41, 5.74) is 5.52. The fourth-order valence-electron chi connectivity index (χ4n) is 5.03. The van der Waals surface area contributed by atoms with Crippen LogP contribution in [0.3, 0.4) is 0 Å². The average Bonchev–Trinajstić information content (AvgIpc) is 3.73. The van der Waals surface area contributed by atoms with Crippen LogP contribution in [0.1, 0.15) is 31.1 Å². The van der Waals surface area contributed by atoms with E-state index in [4.69, 9.17) is 29.6 Å². The lowest BCUT2D eigenvalue weighted by molar-refractivity contribution is -0.0394. The highest BCUT2D eigenvalue weighted by Crippen LogP contribution is 2.27. The van der Waals surface area contributed by atoms with Gasteiger partial charge in [-0.2, -0.15) is 29.8 Å². The van der Waals surface area contributed by atoms with Crippen LogP contribution in [-0.2, 0) is 9.47 Å². The van der Waals surface area contributed by atoms with Crippen molar-refractivity contribution in [1.82, 2.24) is 39.1 Å². The van der Waals surface area contributed by atoms with Gasteiger partial charge in [-0.05, 0) is 38.3 Å². The molecular formula is C27H29N9O2. The number of fused-ring (bicyclic) bond motifs is 1. The zero-order valence-electron chi connectivity index (χ0n) is 21.3. The van der Waals surface area contributed by atoms with Gasteiger partial charge in [0.05, 0.1) is 30.8 Å². The van der Waals surface area contributed by atoms with Gasteiger partial charge in [-0.25, -0.2) is 9.36 Å². The predicted octanol–water partition coefficient (Wildman–Crippen LogP) is 3.68. The minimum absolute atomic E-state index is 0.0211. The largest absolute Gasteiger partial charge is 0.378 e. The van der Waals surface area contributed by atoms with E-state index in [-0.39, 0.29) is 6.23 Å². The molecule has 0 bridgehead atoms. The SMILES string of the molecule is Cc1cccc(-c2ccn(-c3nc(N4CCOCC4)n4nc(-c5cnn(C6CCCCO6)c5)cc4n3)n2)c1. The molecule has 0 radical (unpaired) electrons. The number of benzene rings is 1. The second kappa shape index (κ2) is 9.66. The van der Waals surface area contributed by atoms with Crippen LogP contribution in [0.5, 0.6) is 0 Å². The third-order valence-electron chi connectivity index (χ3n) is 7.04. The summed E-state index contributed by atoms with van der Waals surface area (Å²) < 4.78 is 16.9. The Labute approximate surface area is 219 Å². The summed E-state index contributed by atoms with van der Waals surface area (Å²) in [7, 11) is 0. The molecule has 0 spiro atoms. The van der Waals surface area contributed by atoms with Gasteiger partial charge in [0.15, 0.2) is 5.65 Å². The molecular weight excluding hydrogens is 482 g/mol. The molecule has 11 nitrogen and oxygen atoms in total. The van der Waals surface area contributed by atoms with Crippen LogP contribution in [0, 0.1) is 6.92 Å². The fraction of sp³-hybridized carbons (Fsp3) is 0.370. The minimum atomic E-state index is -0.0211. The summed E-state index contributed by atoms with van der Waals surface area (Å²) >= 11 is 0. The highest BCUT2D eigenvalue weighted by atomic mass is 16.5. The lowest BCUT2D eigenvalue weighted by atomic mass is 10.1.